The first-order valence-corrected chi connectivity index (χ1v) is 4.76. The summed E-state index contributed by atoms with van der Waals surface area (Å²) >= 11 is 0. The lowest BCUT2D eigenvalue weighted by atomic mass is 9.69. The van der Waals surface area contributed by atoms with Crippen molar-refractivity contribution < 1.29 is 9.59 Å². The normalized spacial score (nSPS) is 36.7. The number of carbonyl (C=O) groups excluding carboxylic acids is 2. The Hall–Kier alpha value is -1.24. The molecule has 1 rings (SSSR count). The largest absolute Gasteiger partial charge is 0.235 e. The van der Waals surface area contributed by atoms with Crippen molar-refractivity contribution in [2.45, 2.75) is 50.6 Å². The average molecular weight is 194 g/mol. The zero-order chi connectivity index (χ0) is 10.7. The summed E-state index contributed by atoms with van der Waals surface area (Å²) < 4.78 is 0. The Morgan fingerprint density at radius 3 is 1.57 bits per heavy atom. The fourth-order valence-corrected chi connectivity index (χ4v) is 2.03. The van der Waals surface area contributed by atoms with E-state index in [1.165, 1.54) is 0 Å². The number of hydrogen-bond donors (Lipinski definition) is 0. The van der Waals surface area contributed by atoms with E-state index in [9.17, 15) is 9.59 Å². The minimum absolute atomic E-state index is 0.593. The molecule has 2 unspecified atom stereocenters. The van der Waals surface area contributed by atoms with Gasteiger partial charge in [-0.3, -0.25) is 0 Å². The van der Waals surface area contributed by atoms with Crippen molar-refractivity contribution in [3.05, 3.63) is 0 Å². The molecule has 14 heavy (non-hydrogen) atoms. The van der Waals surface area contributed by atoms with Crippen molar-refractivity contribution >= 4 is 12.2 Å². The Morgan fingerprint density at radius 2 is 1.29 bits per heavy atom. The first kappa shape index (κ1) is 10.8. The van der Waals surface area contributed by atoms with Crippen molar-refractivity contribution in [3.63, 3.8) is 0 Å². The second-order valence-corrected chi connectivity index (χ2v) is 4.16. The van der Waals surface area contributed by atoms with Crippen LogP contribution >= 0.6 is 0 Å². The molecule has 1 fully saturated rings. The molecular formula is C10H14N2O2. The smallest absolute Gasteiger partial charge is 0.211 e. The summed E-state index contributed by atoms with van der Waals surface area (Å²) in [6.45, 7) is 3.69. The summed E-state index contributed by atoms with van der Waals surface area (Å²) in [6, 6.07) is 0. The highest BCUT2D eigenvalue weighted by Crippen LogP contribution is 2.42. The fourth-order valence-electron chi connectivity index (χ4n) is 2.03. The predicted molar refractivity (Wildman–Crippen MR) is 51.5 cm³/mol. The van der Waals surface area contributed by atoms with Gasteiger partial charge in [0.15, 0.2) is 0 Å². The van der Waals surface area contributed by atoms with Gasteiger partial charge in [0, 0.05) is 0 Å². The zero-order valence-corrected chi connectivity index (χ0v) is 8.54. The van der Waals surface area contributed by atoms with E-state index in [1.807, 2.05) is 13.8 Å². The van der Waals surface area contributed by atoms with Crippen LogP contribution in [0.5, 0.6) is 0 Å². The molecule has 1 aliphatic carbocycles. The third-order valence-corrected chi connectivity index (χ3v) is 3.32. The van der Waals surface area contributed by atoms with Crippen molar-refractivity contribution in [2.75, 3.05) is 0 Å². The lowest BCUT2D eigenvalue weighted by molar-refractivity contribution is 0.186. The minimum Gasteiger partial charge on any atom is -0.211 e. The van der Waals surface area contributed by atoms with Gasteiger partial charge >= 0.3 is 0 Å². The average Bonchev–Trinajstić information content (AvgIpc) is 2.12. The minimum atomic E-state index is -0.593. The maximum Gasteiger partial charge on any atom is 0.235 e. The highest BCUT2D eigenvalue weighted by atomic mass is 16.1. The summed E-state index contributed by atoms with van der Waals surface area (Å²) in [4.78, 5) is 28.3. The molecule has 0 amide bonds. The van der Waals surface area contributed by atoms with Crippen molar-refractivity contribution in [2.24, 2.45) is 9.98 Å². The molecule has 0 aromatic carbocycles. The summed E-state index contributed by atoms with van der Waals surface area (Å²) in [5.74, 6) is 0. The van der Waals surface area contributed by atoms with Gasteiger partial charge in [-0.25, -0.2) is 9.59 Å². The summed E-state index contributed by atoms with van der Waals surface area (Å²) in [5, 5.41) is 0. The van der Waals surface area contributed by atoms with Crippen LogP contribution < -0.4 is 0 Å². The molecule has 4 nitrogen and oxygen atoms in total. The second kappa shape index (κ2) is 3.87. The quantitative estimate of drug-likeness (QED) is 0.496. The number of aliphatic imine (C=N–C) groups is 2. The van der Waals surface area contributed by atoms with Crippen LogP contribution in [0.3, 0.4) is 0 Å². The van der Waals surface area contributed by atoms with E-state index in [1.54, 1.807) is 12.2 Å². The standard InChI is InChI=1S/C10H14N2O2/c1-9(11-7-13)5-3-4-6-10(9,2)12-8-14/h3-6H2,1-2H3. The molecule has 0 aromatic rings. The molecule has 0 aromatic heterocycles. The molecule has 0 spiro atoms. The number of isocyanates is 2. The van der Waals surface area contributed by atoms with E-state index in [0.717, 1.165) is 25.7 Å². The Labute approximate surface area is 83.1 Å². The van der Waals surface area contributed by atoms with Crippen LogP contribution in [0.2, 0.25) is 0 Å². The third kappa shape index (κ3) is 1.67. The molecule has 0 heterocycles. The van der Waals surface area contributed by atoms with Crippen LogP contribution in [0.1, 0.15) is 39.5 Å². The Bertz CT molecular complexity index is 284. The van der Waals surface area contributed by atoms with E-state index < -0.39 is 11.1 Å². The van der Waals surface area contributed by atoms with Gasteiger partial charge < -0.3 is 0 Å². The molecule has 0 N–H and O–H groups in total. The predicted octanol–water partition coefficient (Wildman–Crippen LogP) is 1.75. The Kier molecular flexibility index (Phi) is 3.00. The van der Waals surface area contributed by atoms with Crippen molar-refractivity contribution in [1.29, 1.82) is 0 Å². The monoisotopic (exact) mass is 194 g/mol. The number of hydrogen-bond acceptors (Lipinski definition) is 4. The first-order valence-electron chi connectivity index (χ1n) is 4.76. The van der Waals surface area contributed by atoms with Gasteiger partial charge in [0.25, 0.3) is 0 Å². The lowest BCUT2D eigenvalue weighted by Crippen LogP contribution is -2.49. The molecular weight excluding hydrogens is 180 g/mol. The van der Waals surface area contributed by atoms with Gasteiger partial charge in [-0.1, -0.05) is 12.8 Å². The van der Waals surface area contributed by atoms with Crippen LogP contribution in [0.25, 0.3) is 0 Å². The second-order valence-electron chi connectivity index (χ2n) is 4.16. The van der Waals surface area contributed by atoms with Crippen LogP contribution in [-0.2, 0) is 9.59 Å². The van der Waals surface area contributed by atoms with E-state index in [4.69, 9.17) is 0 Å². The van der Waals surface area contributed by atoms with Gasteiger partial charge in [-0.2, -0.15) is 9.98 Å². The molecule has 0 radical (unpaired) electrons. The Balaban J connectivity index is 3.10. The van der Waals surface area contributed by atoms with Crippen molar-refractivity contribution in [1.82, 2.24) is 0 Å². The molecule has 4 heteroatoms. The highest BCUT2D eigenvalue weighted by molar-refractivity contribution is 5.39. The van der Waals surface area contributed by atoms with Gasteiger partial charge in [0.1, 0.15) is 0 Å². The van der Waals surface area contributed by atoms with Crippen molar-refractivity contribution in [3.8, 4) is 0 Å². The Morgan fingerprint density at radius 1 is 0.929 bits per heavy atom. The number of rotatable bonds is 2. The lowest BCUT2D eigenvalue weighted by Gasteiger charge is -2.42. The summed E-state index contributed by atoms with van der Waals surface area (Å²) in [6.07, 6.45) is 6.70. The number of nitrogens with zero attached hydrogens (tertiary/aromatic N) is 2. The zero-order valence-electron chi connectivity index (χ0n) is 8.54. The third-order valence-electron chi connectivity index (χ3n) is 3.32. The maximum atomic E-state index is 10.3. The SMILES string of the molecule is CC1(N=C=O)CCCCC1(C)N=C=O. The molecule has 0 aliphatic heterocycles. The first-order chi connectivity index (χ1) is 6.58. The van der Waals surface area contributed by atoms with E-state index in [-0.39, 0.29) is 0 Å². The van der Waals surface area contributed by atoms with E-state index in [2.05, 4.69) is 9.98 Å². The van der Waals surface area contributed by atoms with Gasteiger partial charge in [0.2, 0.25) is 12.2 Å². The van der Waals surface area contributed by atoms with Gasteiger partial charge in [-0.05, 0) is 26.7 Å². The van der Waals surface area contributed by atoms with Crippen LogP contribution in [0.15, 0.2) is 9.98 Å². The highest BCUT2D eigenvalue weighted by Gasteiger charge is 2.47. The molecule has 76 valence electrons. The van der Waals surface area contributed by atoms with Gasteiger partial charge in [0.05, 0.1) is 11.1 Å². The van der Waals surface area contributed by atoms with Crippen LogP contribution in [0, 0.1) is 0 Å². The van der Waals surface area contributed by atoms with E-state index in [0.29, 0.717) is 0 Å². The maximum absolute atomic E-state index is 10.3. The van der Waals surface area contributed by atoms with Crippen LogP contribution in [-0.4, -0.2) is 23.2 Å². The molecule has 2 atom stereocenters. The fraction of sp³-hybridized carbons (Fsp3) is 0.800. The molecule has 0 bridgehead atoms. The van der Waals surface area contributed by atoms with E-state index >= 15 is 0 Å². The molecule has 1 saturated carbocycles. The van der Waals surface area contributed by atoms with Gasteiger partial charge in [-0.15, -0.1) is 0 Å². The molecule has 0 saturated heterocycles. The topological polar surface area (TPSA) is 58.9 Å². The summed E-state index contributed by atoms with van der Waals surface area (Å²) in [5.41, 5.74) is -1.19. The summed E-state index contributed by atoms with van der Waals surface area (Å²) in [7, 11) is 0. The van der Waals surface area contributed by atoms with Crippen LogP contribution in [0.4, 0.5) is 0 Å². The molecule has 1 aliphatic rings.